The summed E-state index contributed by atoms with van der Waals surface area (Å²) < 4.78 is 0. The van der Waals surface area contributed by atoms with Gasteiger partial charge in [0, 0.05) is 45.3 Å². The minimum absolute atomic E-state index is 0.0227. The van der Waals surface area contributed by atoms with Crippen molar-refractivity contribution in [1.29, 1.82) is 0 Å². The van der Waals surface area contributed by atoms with E-state index in [0.717, 1.165) is 58.7 Å². The van der Waals surface area contributed by atoms with Gasteiger partial charge < -0.3 is 15.1 Å². The van der Waals surface area contributed by atoms with Crippen LogP contribution in [0.1, 0.15) is 26.7 Å². The second kappa shape index (κ2) is 7.38. The number of nitrogens with one attached hydrogen (secondary N) is 1. The zero-order valence-electron chi connectivity index (χ0n) is 13.3. The fraction of sp³-hybridized carbons (Fsp3) is 0.933. The summed E-state index contributed by atoms with van der Waals surface area (Å²) in [6, 6.07) is 0.398. The first kappa shape index (κ1) is 15.7. The van der Waals surface area contributed by atoms with Gasteiger partial charge in [-0.05, 0) is 33.4 Å². The monoisotopic (exact) mass is 282 g/mol. The zero-order chi connectivity index (χ0) is 14.5. The Balaban J connectivity index is 2.01. The number of piperazine rings is 1. The fourth-order valence-electron chi connectivity index (χ4n) is 3.35. The van der Waals surface area contributed by atoms with Gasteiger partial charge in [0.15, 0.2) is 0 Å². The van der Waals surface area contributed by atoms with Gasteiger partial charge in [-0.25, -0.2) is 0 Å². The molecule has 2 unspecified atom stereocenters. The van der Waals surface area contributed by atoms with Gasteiger partial charge in [0.05, 0.1) is 6.04 Å². The molecule has 1 N–H and O–H groups in total. The first-order chi connectivity index (χ1) is 9.63. The average Bonchev–Trinajstić information content (AvgIpc) is 2.67. The summed E-state index contributed by atoms with van der Waals surface area (Å²) in [6.07, 6.45) is 2.14. The molecular formula is C15H30N4O. The molecule has 5 heteroatoms. The number of hydrogen-bond acceptors (Lipinski definition) is 4. The van der Waals surface area contributed by atoms with Crippen molar-refractivity contribution in [3.05, 3.63) is 0 Å². The van der Waals surface area contributed by atoms with E-state index in [-0.39, 0.29) is 6.04 Å². The predicted octanol–water partition coefficient (Wildman–Crippen LogP) is 0.223. The first-order valence-electron chi connectivity index (χ1n) is 8.07. The van der Waals surface area contributed by atoms with Crippen LogP contribution in [0.5, 0.6) is 0 Å². The third-order valence-electron chi connectivity index (χ3n) is 4.71. The number of nitrogens with zero attached hydrogens (tertiary/aromatic N) is 3. The van der Waals surface area contributed by atoms with Crippen molar-refractivity contribution in [3.8, 4) is 0 Å². The normalized spacial score (nSPS) is 28.1. The molecule has 2 saturated heterocycles. The minimum atomic E-state index is 0.0227. The van der Waals surface area contributed by atoms with Crippen molar-refractivity contribution in [1.82, 2.24) is 20.0 Å². The molecule has 0 bridgehead atoms. The van der Waals surface area contributed by atoms with Gasteiger partial charge >= 0.3 is 0 Å². The van der Waals surface area contributed by atoms with Gasteiger partial charge in [0.1, 0.15) is 0 Å². The molecule has 2 aliphatic heterocycles. The van der Waals surface area contributed by atoms with Crippen molar-refractivity contribution in [3.63, 3.8) is 0 Å². The smallest absolute Gasteiger partial charge is 0.239 e. The van der Waals surface area contributed by atoms with Crippen LogP contribution in [0, 0.1) is 0 Å². The molecule has 0 aromatic carbocycles. The number of rotatable bonds is 3. The molecule has 0 radical (unpaired) electrons. The van der Waals surface area contributed by atoms with Crippen molar-refractivity contribution in [2.24, 2.45) is 0 Å². The first-order valence-corrected chi connectivity index (χ1v) is 8.07. The second-order valence-electron chi connectivity index (χ2n) is 6.17. The standard InChI is InChI=1S/C15H30N4O/c1-4-14-12-17(3)8-5-9-19(14)15(20)13(2)18-10-6-16-7-11-18/h13-14,16H,4-12H2,1-3H3. The van der Waals surface area contributed by atoms with E-state index < -0.39 is 0 Å². The lowest BCUT2D eigenvalue weighted by Crippen LogP contribution is -2.55. The number of carbonyl (C=O) groups is 1. The summed E-state index contributed by atoms with van der Waals surface area (Å²) in [5.74, 6) is 0.328. The molecule has 0 spiro atoms. The molecule has 116 valence electrons. The highest BCUT2D eigenvalue weighted by Crippen LogP contribution is 2.15. The van der Waals surface area contributed by atoms with Crippen molar-refractivity contribution < 1.29 is 4.79 Å². The van der Waals surface area contributed by atoms with Crippen molar-refractivity contribution >= 4 is 5.91 Å². The van der Waals surface area contributed by atoms with Crippen LogP contribution >= 0.6 is 0 Å². The number of amides is 1. The van der Waals surface area contributed by atoms with Gasteiger partial charge in [-0.3, -0.25) is 9.69 Å². The van der Waals surface area contributed by atoms with E-state index in [9.17, 15) is 4.79 Å². The van der Waals surface area contributed by atoms with Gasteiger partial charge in [-0.2, -0.15) is 0 Å². The third kappa shape index (κ3) is 3.71. The van der Waals surface area contributed by atoms with E-state index >= 15 is 0 Å². The molecule has 20 heavy (non-hydrogen) atoms. The van der Waals surface area contributed by atoms with Crippen LogP contribution in [-0.2, 0) is 4.79 Å². The highest BCUT2D eigenvalue weighted by Gasteiger charge is 2.31. The van der Waals surface area contributed by atoms with E-state index in [1.54, 1.807) is 0 Å². The molecule has 2 atom stereocenters. The number of hydrogen-bond donors (Lipinski definition) is 1. The van der Waals surface area contributed by atoms with Crippen LogP contribution in [0.25, 0.3) is 0 Å². The summed E-state index contributed by atoms with van der Waals surface area (Å²) in [4.78, 5) is 19.7. The summed E-state index contributed by atoms with van der Waals surface area (Å²) in [5.41, 5.74) is 0. The largest absolute Gasteiger partial charge is 0.337 e. The van der Waals surface area contributed by atoms with Crippen LogP contribution in [-0.4, -0.2) is 85.6 Å². The maximum Gasteiger partial charge on any atom is 0.239 e. The topological polar surface area (TPSA) is 38.8 Å². The van der Waals surface area contributed by atoms with E-state index in [4.69, 9.17) is 0 Å². The highest BCUT2D eigenvalue weighted by atomic mass is 16.2. The lowest BCUT2D eigenvalue weighted by Gasteiger charge is -2.37. The summed E-state index contributed by atoms with van der Waals surface area (Å²) in [6.45, 7) is 11.3. The minimum Gasteiger partial charge on any atom is -0.337 e. The maximum absolute atomic E-state index is 12.9. The number of likely N-dealkylation sites (N-methyl/N-ethyl adjacent to an activating group) is 1. The summed E-state index contributed by atoms with van der Waals surface area (Å²) in [7, 11) is 2.16. The fourth-order valence-corrected chi connectivity index (χ4v) is 3.35. The molecule has 0 aliphatic carbocycles. The zero-order valence-corrected chi connectivity index (χ0v) is 13.3. The average molecular weight is 282 g/mol. The Bertz CT molecular complexity index is 317. The van der Waals surface area contributed by atoms with Crippen LogP contribution < -0.4 is 5.32 Å². The Kier molecular flexibility index (Phi) is 5.81. The van der Waals surface area contributed by atoms with Gasteiger partial charge in [-0.15, -0.1) is 0 Å². The Morgan fingerprint density at radius 2 is 1.95 bits per heavy atom. The molecule has 5 nitrogen and oxygen atoms in total. The molecule has 2 fully saturated rings. The lowest BCUT2D eigenvalue weighted by molar-refractivity contribution is -0.139. The summed E-state index contributed by atoms with van der Waals surface area (Å²) in [5, 5.41) is 3.35. The van der Waals surface area contributed by atoms with Crippen LogP contribution in [0.4, 0.5) is 0 Å². The predicted molar refractivity (Wildman–Crippen MR) is 81.8 cm³/mol. The molecule has 0 saturated carbocycles. The van der Waals surface area contributed by atoms with Gasteiger partial charge in [-0.1, -0.05) is 6.92 Å². The van der Waals surface area contributed by atoms with E-state index in [1.165, 1.54) is 0 Å². The highest BCUT2D eigenvalue weighted by molar-refractivity contribution is 5.82. The Morgan fingerprint density at radius 3 is 2.60 bits per heavy atom. The maximum atomic E-state index is 12.9. The Hall–Kier alpha value is -0.650. The molecule has 2 aliphatic rings. The van der Waals surface area contributed by atoms with E-state index in [0.29, 0.717) is 11.9 Å². The van der Waals surface area contributed by atoms with Crippen molar-refractivity contribution in [2.75, 3.05) is 52.9 Å². The Labute approximate surface area is 123 Å². The number of carbonyl (C=O) groups excluding carboxylic acids is 1. The molecular weight excluding hydrogens is 252 g/mol. The molecule has 0 aromatic rings. The lowest BCUT2D eigenvalue weighted by atomic mass is 10.1. The summed E-state index contributed by atoms with van der Waals surface area (Å²) >= 11 is 0. The molecule has 2 rings (SSSR count). The Morgan fingerprint density at radius 1 is 1.25 bits per heavy atom. The second-order valence-corrected chi connectivity index (χ2v) is 6.17. The van der Waals surface area contributed by atoms with Gasteiger partial charge in [0.25, 0.3) is 0 Å². The van der Waals surface area contributed by atoms with Crippen LogP contribution in [0.2, 0.25) is 0 Å². The van der Waals surface area contributed by atoms with E-state index in [1.807, 2.05) is 0 Å². The third-order valence-corrected chi connectivity index (χ3v) is 4.71. The van der Waals surface area contributed by atoms with Crippen LogP contribution in [0.3, 0.4) is 0 Å². The van der Waals surface area contributed by atoms with Crippen molar-refractivity contribution in [2.45, 2.75) is 38.8 Å². The van der Waals surface area contributed by atoms with E-state index in [2.05, 4.69) is 40.9 Å². The quantitative estimate of drug-likeness (QED) is 0.804. The van der Waals surface area contributed by atoms with Gasteiger partial charge in [0.2, 0.25) is 5.91 Å². The molecule has 0 aromatic heterocycles. The molecule has 1 amide bonds. The molecule has 2 heterocycles. The van der Waals surface area contributed by atoms with Crippen LogP contribution in [0.15, 0.2) is 0 Å². The SMILES string of the molecule is CCC1CN(C)CCCN1C(=O)C(C)N1CCNCC1.